The van der Waals surface area contributed by atoms with Crippen molar-refractivity contribution < 1.29 is 0 Å². The van der Waals surface area contributed by atoms with E-state index in [1.807, 2.05) is 10.6 Å². The molecule has 4 aliphatic rings. The number of aromatic nitrogens is 1. The first-order valence-corrected chi connectivity index (χ1v) is 9.51. The van der Waals surface area contributed by atoms with Gasteiger partial charge in [0.25, 0.3) is 5.56 Å². The molecule has 0 radical (unpaired) electrons. The minimum absolute atomic E-state index is 0.144. The van der Waals surface area contributed by atoms with Crippen molar-refractivity contribution in [1.82, 2.24) is 14.8 Å². The number of thiocarbonyl (C=S) groups is 1. The van der Waals surface area contributed by atoms with Crippen LogP contribution in [0, 0.1) is 17.8 Å². The summed E-state index contributed by atoms with van der Waals surface area (Å²) in [4.78, 5) is 14.5. The number of hydrogen-bond acceptors (Lipinski definition) is 2. The SMILES string of the molecule is O=c1cccc2n1C[C@@H]1C[C@H]2CN(C(=S)N[C@@H]2C[C@H]3C=C[C@H]2C3)C1. The van der Waals surface area contributed by atoms with Gasteiger partial charge in [-0.3, -0.25) is 4.79 Å². The molecule has 24 heavy (non-hydrogen) atoms. The van der Waals surface area contributed by atoms with E-state index in [4.69, 9.17) is 12.2 Å². The van der Waals surface area contributed by atoms with Crippen LogP contribution in [0.1, 0.15) is 30.9 Å². The molecular weight excluding hydrogens is 318 g/mol. The molecule has 4 nitrogen and oxygen atoms in total. The summed E-state index contributed by atoms with van der Waals surface area (Å²) in [6.07, 6.45) is 8.43. The van der Waals surface area contributed by atoms with E-state index in [2.05, 4.69) is 28.4 Å². The highest BCUT2D eigenvalue weighted by Gasteiger charge is 2.38. The van der Waals surface area contributed by atoms with Crippen LogP contribution < -0.4 is 10.9 Å². The molecule has 126 valence electrons. The first kappa shape index (κ1) is 14.7. The maximum Gasteiger partial charge on any atom is 0.250 e. The molecule has 4 bridgehead atoms. The number of piperidine rings is 1. The molecule has 2 aliphatic carbocycles. The standard InChI is InChI=1S/C19H23N3OS/c23-18-3-1-2-17-15-7-13(10-22(17)18)9-21(11-15)19(24)20-16-8-12-4-5-14(16)6-12/h1-5,12-16H,6-11H2,(H,20,24)/t12-,13+,14-,15-,16+/m0/s1. The van der Waals surface area contributed by atoms with E-state index in [9.17, 15) is 4.79 Å². The van der Waals surface area contributed by atoms with Gasteiger partial charge in [0, 0.05) is 43.4 Å². The van der Waals surface area contributed by atoms with Gasteiger partial charge in [-0.15, -0.1) is 0 Å². The topological polar surface area (TPSA) is 37.3 Å². The second-order valence-corrected chi connectivity index (χ2v) is 8.33. The molecule has 0 spiro atoms. The highest BCUT2D eigenvalue weighted by Crippen LogP contribution is 2.39. The molecule has 2 fully saturated rings. The van der Waals surface area contributed by atoms with Gasteiger partial charge in [-0.05, 0) is 55.3 Å². The van der Waals surface area contributed by atoms with Crippen molar-refractivity contribution in [2.45, 2.75) is 37.8 Å². The molecule has 5 rings (SSSR count). The Kier molecular flexibility index (Phi) is 3.34. The Balaban J connectivity index is 1.32. The Morgan fingerprint density at radius 1 is 1.12 bits per heavy atom. The summed E-state index contributed by atoms with van der Waals surface area (Å²) in [5.74, 6) is 2.37. The lowest BCUT2D eigenvalue weighted by atomic mass is 9.83. The third-order valence-corrected chi connectivity index (χ3v) is 6.73. The number of nitrogens with one attached hydrogen (secondary N) is 1. The van der Waals surface area contributed by atoms with Crippen LogP contribution in [0.3, 0.4) is 0 Å². The van der Waals surface area contributed by atoms with E-state index in [1.165, 1.54) is 25.0 Å². The molecule has 2 aliphatic heterocycles. The molecule has 1 saturated heterocycles. The molecule has 0 unspecified atom stereocenters. The van der Waals surface area contributed by atoms with Gasteiger partial charge in [-0.25, -0.2) is 0 Å². The van der Waals surface area contributed by atoms with Crippen LogP contribution in [0.25, 0.3) is 0 Å². The van der Waals surface area contributed by atoms with Crippen LogP contribution in [0.5, 0.6) is 0 Å². The summed E-state index contributed by atoms with van der Waals surface area (Å²) in [5.41, 5.74) is 1.33. The van der Waals surface area contributed by atoms with Crippen LogP contribution in [0.2, 0.25) is 0 Å². The molecule has 0 aromatic carbocycles. The van der Waals surface area contributed by atoms with Gasteiger partial charge >= 0.3 is 0 Å². The minimum atomic E-state index is 0.144. The van der Waals surface area contributed by atoms with Crippen LogP contribution in [0.4, 0.5) is 0 Å². The molecule has 5 heteroatoms. The Bertz CT molecular complexity index is 770. The monoisotopic (exact) mass is 341 g/mol. The summed E-state index contributed by atoms with van der Waals surface area (Å²) in [5, 5.41) is 4.56. The Labute approximate surface area is 147 Å². The molecule has 0 amide bonds. The zero-order chi connectivity index (χ0) is 16.3. The van der Waals surface area contributed by atoms with Gasteiger partial charge in [0.2, 0.25) is 0 Å². The van der Waals surface area contributed by atoms with Crippen LogP contribution >= 0.6 is 12.2 Å². The van der Waals surface area contributed by atoms with Gasteiger partial charge in [0.15, 0.2) is 5.11 Å². The zero-order valence-electron chi connectivity index (χ0n) is 13.7. The molecule has 1 aromatic rings. The lowest BCUT2D eigenvalue weighted by Gasteiger charge is -2.44. The van der Waals surface area contributed by atoms with E-state index in [-0.39, 0.29) is 5.56 Å². The highest BCUT2D eigenvalue weighted by molar-refractivity contribution is 7.80. The first-order chi connectivity index (χ1) is 11.7. The predicted octanol–water partition coefficient (Wildman–Crippen LogP) is 2.11. The highest BCUT2D eigenvalue weighted by atomic mass is 32.1. The normalized spacial score (nSPS) is 35.8. The number of pyridine rings is 1. The maximum absolute atomic E-state index is 12.1. The number of nitrogens with zero attached hydrogens (tertiary/aromatic N) is 2. The molecule has 5 atom stereocenters. The van der Waals surface area contributed by atoms with Crippen LogP contribution in [-0.4, -0.2) is 33.7 Å². The van der Waals surface area contributed by atoms with E-state index in [0.717, 1.165) is 30.7 Å². The fourth-order valence-electron chi connectivity index (χ4n) is 5.26. The van der Waals surface area contributed by atoms with Gasteiger partial charge in [0.05, 0.1) is 0 Å². The second-order valence-electron chi connectivity index (χ2n) is 7.94. The van der Waals surface area contributed by atoms with Crippen LogP contribution in [0.15, 0.2) is 35.1 Å². The van der Waals surface area contributed by atoms with Crippen molar-refractivity contribution >= 4 is 17.3 Å². The number of allylic oxidation sites excluding steroid dienone is 1. The largest absolute Gasteiger partial charge is 0.359 e. The maximum atomic E-state index is 12.1. The molecule has 1 saturated carbocycles. The van der Waals surface area contributed by atoms with Crippen molar-refractivity contribution in [3.63, 3.8) is 0 Å². The quantitative estimate of drug-likeness (QED) is 0.627. The van der Waals surface area contributed by atoms with Crippen molar-refractivity contribution in [1.29, 1.82) is 0 Å². The Hall–Kier alpha value is -1.62. The van der Waals surface area contributed by atoms with Crippen molar-refractivity contribution in [2.75, 3.05) is 13.1 Å². The lowest BCUT2D eigenvalue weighted by molar-refractivity contribution is 0.176. The predicted molar refractivity (Wildman–Crippen MR) is 98.0 cm³/mol. The van der Waals surface area contributed by atoms with Crippen molar-refractivity contribution in [3.05, 3.63) is 46.4 Å². The average molecular weight is 341 g/mol. The number of rotatable bonds is 1. The second kappa shape index (κ2) is 5.45. The number of hydrogen-bond donors (Lipinski definition) is 1. The zero-order valence-corrected chi connectivity index (χ0v) is 14.5. The van der Waals surface area contributed by atoms with Crippen molar-refractivity contribution in [3.8, 4) is 0 Å². The van der Waals surface area contributed by atoms with E-state index in [1.54, 1.807) is 6.07 Å². The van der Waals surface area contributed by atoms with Gasteiger partial charge in [-0.2, -0.15) is 0 Å². The number of fused-ring (bicyclic) bond motifs is 6. The van der Waals surface area contributed by atoms with Crippen LogP contribution in [-0.2, 0) is 6.54 Å². The van der Waals surface area contributed by atoms with Gasteiger partial charge in [-0.1, -0.05) is 18.2 Å². The van der Waals surface area contributed by atoms with Gasteiger partial charge in [0.1, 0.15) is 0 Å². The first-order valence-electron chi connectivity index (χ1n) is 9.11. The summed E-state index contributed by atoms with van der Waals surface area (Å²) in [6.45, 7) is 2.74. The summed E-state index contributed by atoms with van der Waals surface area (Å²) in [7, 11) is 0. The Morgan fingerprint density at radius 2 is 2.04 bits per heavy atom. The van der Waals surface area contributed by atoms with Crippen molar-refractivity contribution in [2.24, 2.45) is 17.8 Å². The minimum Gasteiger partial charge on any atom is -0.359 e. The molecule has 1 aromatic heterocycles. The summed E-state index contributed by atoms with van der Waals surface area (Å²) >= 11 is 5.75. The third kappa shape index (κ3) is 2.32. The molecule has 1 N–H and O–H groups in total. The van der Waals surface area contributed by atoms with E-state index in [0.29, 0.717) is 23.8 Å². The average Bonchev–Trinajstić information content (AvgIpc) is 3.18. The summed E-state index contributed by atoms with van der Waals surface area (Å²) in [6, 6.07) is 6.20. The fourth-order valence-corrected chi connectivity index (χ4v) is 5.56. The third-order valence-electron chi connectivity index (χ3n) is 6.35. The molecular formula is C19H23N3OS. The smallest absolute Gasteiger partial charge is 0.250 e. The fraction of sp³-hybridized carbons (Fsp3) is 0.579. The van der Waals surface area contributed by atoms with Gasteiger partial charge < -0.3 is 14.8 Å². The summed E-state index contributed by atoms with van der Waals surface area (Å²) < 4.78 is 1.98. The van der Waals surface area contributed by atoms with E-state index >= 15 is 0 Å². The van der Waals surface area contributed by atoms with E-state index < -0.39 is 0 Å². The lowest BCUT2D eigenvalue weighted by Crippen LogP contribution is -2.53. The molecule has 3 heterocycles. The Morgan fingerprint density at radius 3 is 2.83 bits per heavy atom. The number of likely N-dealkylation sites (tertiary alicyclic amines) is 1.